The van der Waals surface area contributed by atoms with Crippen molar-refractivity contribution in [1.82, 2.24) is 14.5 Å². The van der Waals surface area contributed by atoms with Crippen molar-refractivity contribution >= 4 is 44.4 Å². The number of phenols is 1. The first-order valence-corrected chi connectivity index (χ1v) is 8.41. The van der Waals surface area contributed by atoms with Crippen molar-refractivity contribution < 1.29 is 9.90 Å². The van der Waals surface area contributed by atoms with E-state index in [0.29, 0.717) is 27.8 Å². The third-order valence-corrected chi connectivity index (χ3v) is 5.09. The molecule has 4 aromatic rings. The van der Waals surface area contributed by atoms with Gasteiger partial charge in [-0.3, -0.25) is 9.36 Å². The van der Waals surface area contributed by atoms with E-state index in [0.717, 1.165) is 10.4 Å². The number of thiazole rings is 1. The minimum atomic E-state index is -0.631. The minimum Gasteiger partial charge on any atom is -0.508 e. The number of hydrogen-bond donors (Lipinski definition) is 3. The Morgan fingerprint density at radius 2 is 2.08 bits per heavy atom. The summed E-state index contributed by atoms with van der Waals surface area (Å²) in [5.41, 5.74) is 17.2. The number of anilines is 1. The van der Waals surface area contributed by atoms with Crippen molar-refractivity contribution in [2.24, 2.45) is 5.73 Å². The van der Waals surface area contributed by atoms with Crippen LogP contribution in [0.4, 0.5) is 5.82 Å². The Labute approximate surface area is 146 Å². The van der Waals surface area contributed by atoms with E-state index in [1.807, 2.05) is 6.92 Å². The van der Waals surface area contributed by atoms with Crippen LogP contribution in [0.3, 0.4) is 0 Å². The average molecular weight is 353 g/mol. The van der Waals surface area contributed by atoms with Gasteiger partial charge >= 0.3 is 0 Å². The predicted octanol–water partition coefficient (Wildman–Crippen LogP) is 2.64. The summed E-state index contributed by atoms with van der Waals surface area (Å²) in [5.74, 6) is -0.293. The Hall–Kier alpha value is -3.13. The number of pyridine rings is 1. The third kappa shape index (κ3) is 2.07. The number of primary amides is 1. The van der Waals surface area contributed by atoms with Crippen molar-refractivity contribution in [3.8, 4) is 11.4 Å². The van der Waals surface area contributed by atoms with Crippen LogP contribution in [0, 0.1) is 13.8 Å². The largest absolute Gasteiger partial charge is 0.508 e. The molecule has 5 N–H and O–H groups in total. The maximum absolute atomic E-state index is 12.0. The lowest BCUT2D eigenvalue weighted by Crippen LogP contribution is -2.14. The van der Waals surface area contributed by atoms with Crippen LogP contribution < -0.4 is 11.5 Å². The van der Waals surface area contributed by atoms with Crippen LogP contribution in [0.1, 0.15) is 21.5 Å². The number of aromatic hydroxyl groups is 1. The van der Waals surface area contributed by atoms with Gasteiger partial charge in [-0.05, 0) is 31.5 Å². The number of fused-ring (bicyclic) bond motifs is 2. The maximum atomic E-state index is 12.0. The van der Waals surface area contributed by atoms with Gasteiger partial charge in [0.05, 0.1) is 16.8 Å². The predicted molar refractivity (Wildman–Crippen MR) is 98.3 cm³/mol. The Morgan fingerprint density at radius 3 is 2.80 bits per heavy atom. The van der Waals surface area contributed by atoms with E-state index in [2.05, 4.69) is 9.97 Å². The molecule has 7 nitrogen and oxygen atoms in total. The molecule has 0 aliphatic rings. The van der Waals surface area contributed by atoms with Crippen molar-refractivity contribution in [1.29, 1.82) is 0 Å². The number of carbonyl (C=O) groups is 1. The van der Waals surface area contributed by atoms with Crippen LogP contribution in [-0.4, -0.2) is 25.5 Å². The van der Waals surface area contributed by atoms with Crippen molar-refractivity contribution in [2.75, 3.05) is 5.73 Å². The van der Waals surface area contributed by atoms with E-state index < -0.39 is 5.91 Å². The second-order valence-corrected chi connectivity index (χ2v) is 6.70. The molecule has 1 aromatic carbocycles. The fraction of sp³-hybridized carbons (Fsp3) is 0.118. The summed E-state index contributed by atoms with van der Waals surface area (Å²) in [4.78, 5) is 21.6. The van der Waals surface area contributed by atoms with Gasteiger partial charge in [-0.25, -0.2) is 9.97 Å². The van der Waals surface area contributed by atoms with Gasteiger partial charge in [0.25, 0.3) is 5.91 Å². The average Bonchev–Trinajstić information content (AvgIpc) is 3.11. The molecule has 1 amide bonds. The molecule has 0 aliphatic carbocycles. The van der Waals surface area contributed by atoms with Gasteiger partial charge in [0.15, 0.2) is 0 Å². The van der Waals surface area contributed by atoms with E-state index in [1.165, 1.54) is 11.3 Å². The molecule has 3 heterocycles. The lowest BCUT2D eigenvalue weighted by Gasteiger charge is -2.15. The first-order valence-electron chi connectivity index (χ1n) is 7.53. The van der Waals surface area contributed by atoms with E-state index in [4.69, 9.17) is 11.5 Å². The fourth-order valence-electron chi connectivity index (χ4n) is 3.16. The second-order valence-electron chi connectivity index (χ2n) is 5.87. The van der Waals surface area contributed by atoms with Crippen molar-refractivity contribution in [2.45, 2.75) is 13.8 Å². The molecule has 4 rings (SSSR count). The monoisotopic (exact) mass is 353 g/mol. The number of nitrogen functional groups attached to an aromatic ring is 1. The van der Waals surface area contributed by atoms with E-state index in [9.17, 15) is 9.90 Å². The molecule has 0 unspecified atom stereocenters. The van der Waals surface area contributed by atoms with Gasteiger partial charge in [0.2, 0.25) is 0 Å². The van der Waals surface area contributed by atoms with Crippen LogP contribution >= 0.6 is 11.3 Å². The zero-order valence-corrected chi connectivity index (χ0v) is 14.4. The SMILES string of the molecule is Cc1ccc(O)c(C)c1-n1c(N)c(C(N)=O)c2cc3ncsc3nc21. The van der Waals surface area contributed by atoms with Crippen LogP contribution in [0.15, 0.2) is 23.7 Å². The minimum absolute atomic E-state index is 0.140. The van der Waals surface area contributed by atoms with E-state index in [-0.39, 0.29) is 17.1 Å². The zero-order chi connectivity index (χ0) is 17.9. The van der Waals surface area contributed by atoms with Crippen molar-refractivity contribution in [3.05, 3.63) is 40.4 Å². The van der Waals surface area contributed by atoms with Gasteiger partial charge in [-0.1, -0.05) is 6.07 Å². The first-order chi connectivity index (χ1) is 11.9. The highest BCUT2D eigenvalue weighted by Gasteiger charge is 2.24. The van der Waals surface area contributed by atoms with Crippen LogP contribution in [0.25, 0.3) is 27.1 Å². The molecule has 0 saturated heterocycles. The number of phenolic OH excluding ortho intramolecular Hbond substituents is 1. The summed E-state index contributed by atoms with van der Waals surface area (Å²) in [6.07, 6.45) is 0. The van der Waals surface area contributed by atoms with Gasteiger partial charge in [-0.15, -0.1) is 11.3 Å². The molecule has 0 atom stereocenters. The topological polar surface area (TPSA) is 120 Å². The summed E-state index contributed by atoms with van der Waals surface area (Å²) in [6, 6.07) is 5.19. The smallest absolute Gasteiger partial charge is 0.253 e. The number of aryl methyl sites for hydroxylation is 1. The molecule has 25 heavy (non-hydrogen) atoms. The molecule has 0 bridgehead atoms. The number of amides is 1. The molecule has 0 radical (unpaired) electrons. The summed E-state index contributed by atoms with van der Waals surface area (Å²) in [6.45, 7) is 3.69. The van der Waals surface area contributed by atoms with Crippen LogP contribution in [0.5, 0.6) is 5.75 Å². The number of benzene rings is 1. The molecule has 8 heteroatoms. The third-order valence-electron chi connectivity index (χ3n) is 4.36. The van der Waals surface area contributed by atoms with Gasteiger partial charge in [-0.2, -0.15) is 0 Å². The molecule has 126 valence electrons. The number of nitrogens with two attached hydrogens (primary N) is 2. The molecular weight excluding hydrogens is 338 g/mol. The number of rotatable bonds is 2. The summed E-state index contributed by atoms with van der Waals surface area (Å²) >= 11 is 1.40. The van der Waals surface area contributed by atoms with Gasteiger partial charge < -0.3 is 16.6 Å². The van der Waals surface area contributed by atoms with E-state index in [1.54, 1.807) is 35.2 Å². The molecule has 0 spiro atoms. The fourth-order valence-corrected chi connectivity index (χ4v) is 3.80. The number of hydrogen-bond acceptors (Lipinski definition) is 6. The zero-order valence-electron chi connectivity index (χ0n) is 13.6. The number of aromatic nitrogens is 3. The second kappa shape index (κ2) is 5.18. The lowest BCUT2D eigenvalue weighted by molar-refractivity contribution is 0.100. The molecular formula is C17H15N5O2S. The number of nitrogens with zero attached hydrogens (tertiary/aromatic N) is 3. The van der Waals surface area contributed by atoms with Crippen LogP contribution in [0.2, 0.25) is 0 Å². The van der Waals surface area contributed by atoms with Crippen LogP contribution in [-0.2, 0) is 0 Å². The standard InChI is InChI=1S/C17H15N5O2S/c1-7-3-4-11(23)8(2)13(7)22-14(18)12(15(19)24)9-5-10-17(21-16(9)22)25-6-20-10/h3-6,23H,18H2,1-2H3,(H2,19,24). The quantitative estimate of drug-likeness (QED) is 0.512. The van der Waals surface area contributed by atoms with Crippen molar-refractivity contribution in [3.63, 3.8) is 0 Å². The normalized spacial score (nSPS) is 11.4. The Bertz CT molecular complexity index is 1180. The molecule has 0 fully saturated rings. The van der Waals surface area contributed by atoms with Gasteiger partial charge in [0, 0.05) is 10.9 Å². The Morgan fingerprint density at radius 1 is 1.32 bits per heavy atom. The van der Waals surface area contributed by atoms with Gasteiger partial charge in [0.1, 0.15) is 27.6 Å². The Kier molecular flexibility index (Phi) is 3.19. The Balaban J connectivity index is 2.23. The van der Waals surface area contributed by atoms with E-state index >= 15 is 0 Å². The highest BCUT2D eigenvalue weighted by molar-refractivity contribution is 7.16. The molecule has 3 aromatic heterocycles. The molecule has 0 saturated carbocycles. The maximum Gasteiger partial charge on any atom is 0.253 e. The lowest BCUT2D eigenvalue weighted by atomic mass is 10.1. The summed E-state index contributed by atoms with van der Waals surface area (Å²) in [5, 5.41) is 10.7. The summed E-state index contributed by atoms with van der Waals surface area (Å²) in [7, 11) is 0. The highest BCUT2D eigenvalue weighted by atomic mass is 32.1. The first kappa shape index (κ1) is 15.4. The number of carbonyl (C=O) groups excluding carboxylic acids is 1. The highest BCUT2D eigenvalue weighted by Crippen LogP contribution is 2.36. The summed E-state index contributed by atoms with van der Waals surface area (Å²) < 4.78 is 1.68. The molecule has 0 aliphatic heterocycles.